The maximum atomic E-state index is 12.4. The van der Waals surface area contributed by atoms with Crippen molar-refractivity contribution in [2.75, 3.05) is 26.7 Å². The van der Waals surface area contributed by atoms with E-state index in [1.54, 1.807) is 24.3 Å². The van der Waals surface area contributed by atoms with Crippen molar-refractivity contribution in [2.24, 2.45) is 5.92 Å². The Morgan fingerprint density at radius 3 is 2.14 bits per heavy atom. The van der Waals surface area contributed by atoms with Gasteiger partial charge in [0.1, 0.15) is 0 Å². The van der Waals surface area contributed by atoms with Crippen molar-refractivity contribution < 1.29 is 9.59 Å². The lowest BCUT2D eigenvalue weighted by Gasteiger charge is -2.32. The van der Waals surface area contributed by atoms with Gasteiger partial charge in [-0.3, -0.25) is 9.59 Å². The van der Waals surface area contributed by atoms with Gasteiger partial charge in [-0.2, -0.15) is 0 Å². The molecule has 1 N–H and O–H groups in total. The summed E-state index contributed by atoms with van der Waals surface area (Å²) in [6.07, 6.45) is 2.11. The molecule has 4 nitrogen and oxygen atoms in total. The van der Waals surface area contributed by atoms with Crippen LogP contribution in [0.1, 0.15) is 40.5 Å². The third-order valence-electron chi connectivity index (χ3n) is 3.93. The lowest BCUT2D eigenvalue weighted by Crippen LogP contribution is -2.40. The highest BCUT2D eigenvalue weighted by atomic mass is 35.5. The lowest BCUT2D eigenvalue weighted by atomic mass is 9.96. The monoisotopic (exact) mass is 310 g/mol. The number of hydrogen-bond donors (Lipinski definition) is 1. The molecule has 21 heavy (non-hydrogen) atoms. The van der Waals surface area contributed by atoms with E-state index >= 15 is 0 Å². The van der Waals surface area contributed by atoms with Crippen molar-refractivity contribution >= 4 is 24.1 Å². The zero-order valence-electron chi connectivity index (χ0n) is 12.6. The molecule has 5 heteroatoms. The zero-order valence-corrected chi connectivity index (χ0v) is 13.4. The maximum Gasteiger partial charge on any atom is 0.253 e. The molecule has 0 saturated carbocycles. The second-order valence-electron chi connectivity index (χ2n) is 5.43. The number of Topliss-reactive ketones (excluding diaryl/α,β-unsaturated/α-hetero) is 1. The van der Waals surface area contributed by atoms with Crippen LogP contribution in [0.2, 0.25) is 0 Å². The van der Waals surface area contributed by atoms with Crippen LogP contribution in [0.5, 0.6) is 0 Å². The van der Waals surface area contributed by atoms with Crippen molar-refractivity contribution in [2.45, 2.75) is 19.8 Å². The van der Waals surface area contributed by atoms with Crippen LogP contribution in [0.25, 0.3) is 0 Å². The summed E-state index contributed by atoms with van der Waals surface area (Å²) in [4.78, 5) is 25.5. The molecule has 1 amide bonds. The molecule has 0 unspecified atom stereocenters. The van der Waals surface area contributed by atoms with Crippen molar-refractivity contribution in [1.82, 2.24) is 10.2 Å². The number of nitrogens with zero attached hydrogens (tertiary/aromatic N) is 1. The Bertz CT molecular complexity index is 480. The van der Waals surface area contributed by atoms with Crippen LogP contribution in [0, 0.1) is 5.92 Å². The number of likely N-dealkylation sites (tertiary alicyclic amines) is 1. The van der Waals surface area contributed by atoms with Gasteiger partial charge in [-0.1, -0.05) is 12.1 Å². The van der Waals surface area contributed by atoms with Crippen LogP contribution >= 0.6 is 12.4 Å². The van der Waals surface area contributed by atoms with Crippen LogP contribution in [-0.2, 0) is 0 Å². The molecule has 0 atom stereocenters. The average Bonchev–Trinajstić information content (AvgIpc) is 2.48. The molecule has 0 radical (unpaired) electrons. The lowest BCUT2D eigenvalue weighted by molar-refractivity contribution is 0.0690. The number of nitrogens with one attached hydrogen (secondary N) is 1. The number of carbonyl (C=O) groups excluding carboxylic acids is 2. The molecule has 1 aliphatic rings. The minimum Gasteiger partial charge on any atom is -0.339 e. The van der Waals surface area contributed by atoms with Gasteiger partial charge in [-0.25, -0.2) is 0 Å². The SMILES string of the molecule is CNCC1CCN(C(=O)c2ccc(C(C)=O)cc2)CC1.Cl. The smallest absolute Gasteiger partial charge is 0.253 e. The van der Waals surface area contributed by atoms with Crippen molar-refractivity contribution in [1.29, 1.82) is 0 Å². The first-order valence-electron chi connectivity index (χ1n) is 7.16. The van der Waals surface area contributed by atoms with Crippen molar-refractivity contribution in [3.8, 4) is 0 Å². The van der Waals surface area contributed by atoms with Crippen molar-refractivity contribution in [3.05, 3.63) is 35.4 Å². The summed E-state index contributed by atoms with van der Waals surface area (Å²) in [5.74, 6) is 0.768. The number of benzene rings is 1. The predicted molar refractivity (Wildman–Crippen MR) is 86.2 cm³/mol. The predicted octanol–water partition coefficient (Wildman–Crippen LogP) is 2.38. The maximum absolute atomic E-state index is 12.4. The number of rotatable bonds is 4. The fraction of sp³-hybridized carbons (Fsp3) is 0.500. The molecule has 2 rings (SSSR count). The first kappa shape index (κ1) is 17.7. The van der Waals surface area contributed by atoms with E-state index in [0.717, 1.165) is 32.5 Å². The molecule has 1 aliphatic heterocycles. The van der Waals surface area contributed by atoms with E-state index in [2.05, 4.69) is 5.32 Å². The van der Waals surface area contributed by atoms with E-state index in [4.69, 9.17) is 0 Å². The second kappa shape index (κ2) is 8.15. The largest absolute Gasteiger partial charge is 0.339 e. The van der Waals surface area contributed by atoms with E-state index < -0.39 is 0 Å². The van der Waals surface area contributed by atoms with E-state index in [9.17, 15) is 9.59 Å². The summed E-state index contributed by atoms with van der Waals surface area (Å²) < 4.78 is 0. The van der Waals surface area contributed by atoms with E-state index in [1.807, 2.05) is 11.9 Å². The van der Waals surface area contributed by atoms with Crippen LogP contribution in [0.15, 0.2) is 24.3 Å². The number of carbonyl (C=O) groups is 2. The summed E-state index contributed by atoms with van der Waals surface area (Å²) in [5.41, 5.74) is 1.32. The van der Waals surface area contributed by atoms with Crippen LogP contribution in [-0.4, -0.2) is 43.3 Å². The topological polar surface area (TPSA) is 49.4 Å². The number of hydrogen-bond acceptors (Lipinski definition) is 3. The Morgan fingerprint density at radius 1 is 1.14 bits per heavy atom. The quantitative estimate of drug-likeness (QED) is 0.869. The fourth-order valence-electron chi connectivity index (χ4n) is 2.66. The highest BCUT2D eigenvalue weighted by Gasteiger charge is 2.23. The highest BCUT2D eigenvalue weighted by Crippen LogP contribution is 2.18. The van der Waals surface area contributed by atoms with Gasteiger partial charge in [0, 0.05) is 24.2 Å². The van der Waals surface area contributed by atoms with Crippen LogP contribution in [0.4, 0.5) is 0 Å². The van der Waals surface area contributed by atoms with E-state index in [-0.39, 0.29) is 24.1 Å². The normalized spacial score (nSPS) is 15.4. The third-order valence-corrected chi connectivity index (χ3v) is 3.93. The van der Waals surface area contributed by atoms with Gasteiger partial charge in [0.25, 0.3) is 5.91 Å². The molecule has 1 fully saturated rings. The minimum atomic E-state index is 0. The Balaban J connectivity index is 0.00000220. The van der Waals surface area contributed by atoms with Crippen LogP contribution < -0.4 is 5.32 Å². The van der Waals surface area contributed by atoms with Gasteiger partial charge in [0.2, 0.25) is 0 Å². The summed E-state index contributed by atoms with van der Waals surface area (Å²) in [6, 6.07) is 6.95. The molecule has 1 aromatic carbocycles. The number of ketones is 1. The molecule has 1 heterocycles. The molecule has 116 valence electrons. The average molecular weight is 311 g/mol. The van der Waals surface area contributed by atoms with E-state index in [1.165, 1.54) is 6.92 Å². The third kappa shape index (κ3) is 4.55. The standard InChI is InChI=1S/C16H22N2O2.ClH/c1-12(19)14-3-5-15(6-4-14)16(20)18-9-7-13(8-10-18)11-17-2;/h3-6,13,17H,7-11H2,1-2H3;1H. The van der Waals surface area contributed by atoms with Crippen LogP contribution in [0.3, 0.4) is 0 Å². The van der Waals surface area contributed by atoms with Crippen molar-refractivity contribution in [3.63, 3.8) is 0 Å². The Labute approximate surface area is 132 Å². The molecular formula is C16H23ClN2O2. The Morgan fingerprint density at radius 2 is 1.67 bits per heavy atom. The molecule has 1 aromatic rings. The summed E-state index contributed by atoms with van der Waals surface area (Å²) in [5, 5.41) is 3.19. The molecule has 1 saturated heterocycles. The van der Waals surface area contributed by atoms with Gasteiger partial charge >= 0.3 is 0 Å². The van der Waals surface area contributed by atoms with Gasteiger partial charge in [-0.05, 0) is 51.4 Å². The van der Waals surface area contributed by atoms with Gasteiger partial charge < -0.3 is 10.2 Å². The highest BCUT2D eigenvalue weighted by molar-refractivity contribution is 5.97. The van der Waals surface area contributed by atoms with Gasteiger partial charge in [0.05, 0.1) is 0 Å². The first-order valence-corrected chi connectivity index (χ1v) is 7.16. The minimum absolute atomic E-state index is 0. The molecule has 0 spiro atoms. The van der Waals surface area contributed by atoms with Gasteiger partial charge in [-0.15, -0.1) is 12.4 Å². The molecular weight excluding hydrogens is 288 g/mol. The number of amides is 1. The Kier molecular flexibility index (Phi) is 6.85. The second-order valence-corrected chi connectivity index (χ2v) is 5.43. The summed E-state index contributed by atoms with van der Waals surface area (Å²) in [7, 11) is 1.97. The van der Waals surface area contributed by atoms with Gasteiger partial charge in [0.15, 0.2) is 5.78 Å². The molecule has 0 aromatic heterocycles. The number of halogens is 1. The molecule has 0 bridgehead atoms. The summed E-state index contributed by atoms with van der Waals surface area (Å²) in [6.45, 7) is 4.19. The number of piperidine rings is 1. The summed E-state index contributed by atoms with van der Waals surface area (Å²) >= 11 is 0. The first-order chi connectivity index (χ1) is 9.61. The zero-order chi connectivity index (χ0) is 14.5. The Hall–Kier alpha value is -1.39. The van der Waals surface area contributed by atoms with E-state index in [0.29, 0.717) is 17.0 Å². The molecule has 0 aliphatic carbocycles. The fourth-order valence-corrected chi connectivity index (χ4v) is 2.66.